The Balaban J connectivity index is 3.93. The summed E-state index contributed by atoms with van der Waals surface area (Å²) in [7, 11) is 3.55. The van der Waals surface area contributed by atoms with Crippen LogP contribution in [0.1, 0.15) is 39.0 Å². The van der Waals surface area contributed by atoms with Crippen molar-refractivity contribution in [2.24, 2.45) is 0 Å². The number of hydrogen-bond donors (Lipinski definition) is 0. The Bertz CT molecular complexity index is 224. The van der Waals surface area contributed by atoms with E-state index in [1.807, 2.05) is 0 Å². The molecule has 14 heavy (non-hydrogen) atoms. The fourth-order valence-corrected chi connectivity index (χ4v) is 1.17. The molecule has 1 amide bonds. The number of rotatable bonds is 6. The fourth-order valence-electron chi connectivity index (χ4n) is 1.17. The molecule has 0 rings (SSSR count). The van der Waals surface area contributed by atoms with Gasteiger partial charge in [0.2, 0.25) is 5.91 Å². The molecule has 0 fully saturated rings. The van der Waals surface area contributed by atoms with E-state index in [2.05, 4.69) is 19.2 Å². The van der Waals surface area contributed by atoms with E-state index in [0.29, 0.717) is 6.42 Å². The van der Waals surface area contributed by atoms with Crippen molar-refractivity contribution in [1.82, 2.24) is 4.90 Å². The third-order valence-corrected chi connectivity index (χ3v) is 2.20. The van der Waals surface area contributed by atoms with Crippen molar-refractivity contribution >= 4 is 5.91 Å². The smallest absolute Gasteiger partial charge is 0.226 e. The molecule has 0 saturated carbocycles. The summed E-state index contributed by atoms with van der Waals surface area (Å²) < 4.78 is 0. The lowest BCUT2D eigenvalue weighted by Gasteiger charge is -2.10. The fraction of sp³-hybridized carbons (Fsp3) is 0.667. The van der Waals surface area contributed by atoms with Crippen molar-refractivity contribution in [1.29, 1.82) is 0 Å². The Labute approximate surface area is 87.3 Å². The Kier molecular flexibility index (Phi) is 6.87. The van der Waals surface area contributed by atoms with Crippen LogP contribution in [0, 0.1) is 0 Å². The van der Waals surface area contributed by atoms with Gasteiger partial charge in [0.15, 0.2) is 0 Å². The molecular formula is C12H21NO. The lowest BCUT2D eigenvalue weighted by molar-refractivity contribution is -0.127. The number of amides is 1. The number of carbonyl (C=O) groups is 1. The van der Waals surface area contributed by atoms with E-state index in [-0.39, 0.29) is 5.91 Å². The number of unbranched alkanes of at least 4 members (excludes halogenated alkanes) is 2. The maximum Gasteiger partial charge on any atom is 0.226 e. The lowest BCUT2D eigenvalue weighted by atomic mass is 10.1. The van der Waals surface area contributed by atoms with Gasteiger partial charge < -0.3 is 4.90 Å². The van der Waals surface area contributed by atoms with Crippen molar-refractivity contribution in [2.45, 2.75) is 39.0 Å². The molecule has 0 aromatic heterocycles. The first-order valence-corrected chi connectivity index (χ1v) is 5.19. The van der Waals surface area contributed by atoms with Gasteiger partial charge in [-0.2, -0.15) is 0 Å². The van der Waals surface area contributed by atoms with Crippen molar-refractivity contribution in [3.8, 4) is 0 Å². The van der Waals surface area contributed by atoms with E-state index < -0.39 is 0 Å². The first-order valence-electron chi connectivity index (χ1n) is 5.19. The van der Waals surface area contributed by atoms with Gasteiger partial charge >= 0.3 is 0 Å². The van der Waals surface area contributed by atoms with Crippen molar-refractivity contribution in [3.63, 3.8) is 0 Å². The molecule has 2 nitrogen and oxygen atoms in total. The Hall–Kier alpha value is -1.01. The molecule has 0 aliphatic carbocycles. The van der Waals surface area contributed by atoms with Crippen LogP contribution in [0.5, 0.6) is 0 Å². The molecular weight excluding hydrogens is 174 g/mol. The van der Waals surface area contributed by atoms with Crippen LogP contribution in [0.3, 0.4) is 0 Å². The summed E-state index contributed by atoms with van der Waals surface area (Å²) in [4.78, 5) is 13.0. The van der Waals surface area contributed by atoms with Gasteiger partial charge in [0.05, 0.1) is 6.42 Å². The standard InChI is InChI=1S/C12H21NO/c1-5-7-8-9-11(6-2)10-12(14)13(3)4/h2,5,7-10H2,1,3-4H3. The molecule has 0 saturated heterocycles. The third-order valence-electron chi connectivity index (χ3n) is 2.20. The molecule has 0 heterocycles. The van der Waals surface area contributed by atoms with Crippen LogP contribution in [0.4, 0.5) is 0 Å². The third kappa shape index (κ3) is 5.60. The molecule has 0 aliphatic rings. The first-order chi connectivity index (χ1) is 6.61. The van der Waals surface area contributed by atoms with Gasteiger partial charge in [-0.05, 0) is 18.4 Å². The van der Waals surface area contributed by atoms with E-state index in [0.717, 1.165) is 18.4 Å². The van der Waals surface area contributed by atoms with Gasteiger partial charge in [-0.3, -0.25) is 4.79 Å². The van der Waals surface area contributed by atoms with Gasteiger partial charge in [0.1, 0.15) is 0 Å². The number of hydrogen-bond acceptors (Lipinski definition) is 1. The van der Waals surface area contributed by atoms with E-state index in [4.69, 9.17) is 0 Å². The number of carbonyl (C=O) groups excluding carboxylic acids is 1. The van der Waals surface area contributed by atoms with Crippen LogP contribution in [0.25, 0.3) is 0 Å². The van der Waals surface area contributed by atoms with E-state index >= 15 is 0 Å². The second-order valence-electron chi connectivity index (χ2n) is 3.70. The van der Waals surface area contributed by atoms with E-state index in [1.54, 1.807) is 19.0 Å². The highest BCUT2D eigenvalue weighted by atomic mass is 16.2. The molecule has 0 N–H and O–H groups in total. The van der Waals surface area contributed by atoms with Crippen LogP contribution in [0.2, 0.25) is 0 Å². The summed E-state index contributed by atoms with van der Waals surface area (Å²) in [5, 5.41) is 0. The summed E-state index contributed by atoms with van der Waals surface area (Å²) in [5.41, 5.74) is 3.90. The summed E-state index contributed by atoms with van der Waals surface area (Å²) >= 11 is 0. The predicted octanol–water partition coefficient (Wildman–Crippen LogP) is 2.76. The zero-order valence-corrected chi connectivity index (χ0v) is 9.60. The van der Waals surface area contributed by atoms with Crippen molar-refractivity contribution in [3.05, 3.63) is 17.9 Å². The van der Waals surface area contributed by atoms with E-state index in [1.165, 1.54) is 12.8 Å². The predicted molar refractivity (Wildman–Crippen MR) is 60.1 cm³/mol. The summed E-state index contributed by atoms with van der Waals surface area (Å²) in [6.07, 6.45) is 4.97. The monoisotopic (exact) mass is 195 g/mol. The van der Waals surface area contributed by atoms with Crippen LogP contribution in [0.15, 0.2) is 17.9 Å². The average molecular weight is 195 g/mol. The van der Waals surface area contributed by atoms with Gasteiger partial charge in [0.25, 0.3) is 0 Å². The molecule has 0 aromatic carbocycles. The minimum atomic E-state index is 0.132. The Morgan fingerprint density at radius 1 is 1.36 bits per heavy atom. The quantitative estimate of drug-likeness (QED) is 0.471. The Morgan fingerprint density at radius 3 is 2.43 bits per heavy atom. The molecule has 0 unspecified atom stereocenters. The van der Waals surface area contributed by atoms with Gasteiger partial charge in [0, 0.05) is 14.1 Å². The molecule has 80 valence electrons. The molecule has 2 heteroatoms. The highest BCUT2D eigenvalue weighted by molar-refractivity contribution is 5.78. The maximum atomic E-state index is 11.4. The summed E-state index contributed by atoms with van der Waals surface area (Å²) in [6.45, 7) is 5.79. The highest BCUT2D eigenvalue weighted by Gasteiger charge is 2.06. The van der Waals surface area contributed by atoms with Gasteiger partial charge in [-0.1, -0.05) is 26.3 Å². The summed E-state index contributed by atoms with van der Waals surface area (Å²) in [6, 6.07) is 0. The van der Waals surface area contributed by atoms with Gasteiger partial charge in [-0.15, -0.1) is 5.73 Å². The van der Waals surface area contributed by atoms with Crippen LogP contribution in [-0.2, 0) is 4.79 Å². The molecule has 0 aromatic rings. The molecule has 0 atom stereocenters. The zero-order valence-electron chi connectivity index (χ0n) is 9.60. The first kappa shape index (κ1) is 13.0. The highest BCUT2D eigenvalue weighted by Crippen LogP contribution is 2.12. The van der Waals surface area contributed by atoms with Crippen LogP contribution >= 0.6 is 0 Å². The molecule has 0 bridgehead atoms. The lowest BCUT2D eigenvalue weighted by Crippen LogP contribution is -2.21. The molecule has 0 radical (unpaired) electrons. The summed E-state index contributed by atoms with van der Waals surface area (Å²) in [5.74, 6) is 0.132. The minimum absolute atomic E-state index is 0.132. The van der Waals surface area contributed by atoms with Crippen LogP contribution < -0.4 is 0 Å². The van der Waals surface area contributed by atoms with Gasteiger partial charge in [-0.25, -0.2) is 0 Å². The van der Waals surface area contributed by atoms with Crippen LogP contribution in [-0.4, -0.2) is 24.9 Å². The SMILES string of the molecule is C=C=C(CCCCC)CC(=O)N(C)C. The van der Waals surface area contributed by atoms with Crippen molar-refractivity contribution < 1.29 is 4.79 Å². The average Bonchev–Trinajstić information content (AvgIpc) is 2.16. The normalized spacial score (nSPS) is 9.36. The number of nitrogens with zero attached hydrogens (tertiary/aromatic N) is 1. The minimum Gasteiger partial charge on any atom is -0.349 e. The Morgan fingerprint density at radius 2 is 2.00 bits per heavy atom. The topological polar surface area (TPSA) is 20.3 Å². The second-order valence-corrected chi connectivity index (χ2v) is 3.70. The molecule has 0 aliphatic heterocycles. The molecule has 0 spiro atoms. The maximum absolute atomic E-state index is 11.4. The largest absolute Gasteiger partial charge is 0.349 e. The van der Waals surface area contributed by atoms with E-state index in [9.17, 15) is 4.79 Å². The second kappa shape index (κ2) is 7.40. The zero-order chi connectivity index (χ0) is 11.0. The van der Waals surface area contributed by atoms with Crippen molar-refractivity contribution in [2.75, 3.05) is 14.1 Å².